The molecule has 0 unspecified atom stereocenters. The molecule has 1 saturated carbocycles. The van der Waals surface area contributed by atoms with Gasteiger partial charge in [0.2, 0.25) is 0 Å². The van der Waals surface area contributed by atoms with Crippen molar-refractivity contribution in [2.24, 2.45) is 5.92 Å². The van der Waals surface area contributed by atoms with Crippen molar-refractivity contribution in [3.63, 3.8) is 0 Å². The van der Waals surface area contributed by atoms with Crippen LogP contribution in [0.4, 0.5) is 0 Å². The predicted octanol–water partition coefficient (Wildman–Crippen LogP) is 2.86. The van der Waals surface area contributed by atoms with Gasteiger partial charge in [-0.3, -0.25) is 4.40 Å². The Morgan fingerprint density at radius 2 is 2.25 bits per heavy atom. The van der Waals surface area contributed by atoms with Gasteiger partial charge in [-0.25, -0.2) is 13.4 Å². The van der Waals surface area contributed by atoms with Crippen LogP contribution < -0.4 is 0 Å². The van der Waals surface area contributed by atoms with Gasteiger partial charge in [-0.05, 0) is 18.8 Å². The summed E-state index contributed by atoms with van der Waals surface area (Å²) in [7, 11) is -3.61. The lowest BCUT2D eigenvalue weighted by molar-refractivity contribution is 0.358. The van der Waals surface area contributed by atoms with Gasteiger partial charge in [-0.1, -0.05) is 25.4 Å². The molecule has 110 valence electrons. The number of nitrogens with zero attached hydrogens (tertiary/aromatic N) is 3. The summed E-state index contributed by atoms with van der Waals surface area (Å²) in [6, 6.07) is 0.114. The lowest BCUT2D eigenvalue weighted by Crippen LogP contribution is -2.36. The molecule has 1 fully saturated rings. The van der Waals surface area contributed by atoms with Crippen molar-refractivity contribution in [2.75, 3.05) is 6.54 Å². The highest BCUT2D eigenvalue weighted by Crippen LogP contribution is 2.35. The van der Waals surface area contributed by atoms with Gasteiger partial charge >= 0.3 is 0 Å². The smallest absolute Gasteiger partial charge is 0.262 e. The average molecular weight is 334 g/mol. The highest BCUT2D eigenvalue weighted by Gasteiger charge is 2.41. The maximum Gasteiger partial charge on any atom is 0.262 e. The SMILES string of the molecule is CC(C)CN(C1CC1)S(=O)(=O)c1c(Cl)nc2sccn12. The third-order valence-corrected chi connectivity index (χ3v) is 6.31. The average Bonchev–Trinajstić information content (AvgIpc) is 2.99. The first-order valence-electron chi connectivity index (χ1n) is 6.54. The molecule has 3 rings (SSSR count). The zero-order chi connectivity index (χ0) is 14.5. The Kier molecular flexibility index (Phi) is 3.56. The van der Waals surface area contributed by atoms with Crippen LogP contribution >= 0.6 is 22.9 Å². The summed E-state index contributed by atoms with van der Waals surface area (Å²) in [5.74, 6) is 0.273. The summed E-state index contributed by atoms with van der Waals surface area (Å²) in [4.78, 5) is 4.73. The number of imidazole rings is 1. The lowest BCUT2D eigenvalue weighted by atomic mass is 10.2. The van der Waals surface area contributed by atoms with Gasteiger partial charge in [0.25, 0.3) is 10.0 Å². The number of thiazole rings is 1. The van der Waals surface area contributed by atoms with E-state index in [1.54, 1.807) is 14.9 Å². The minimum Gasteiger partial charge on any atom is -0.279 e. The molecule has 20 heavy (non-hydrogen) atoms. The first-order valence-corrected chi connectivity index (χ1v) is 9.24. The van der Waals surface area contributed by atoms with Gasteiger partial charge in [-0.15, -0.1) is 11.3 Å². The van der Waals surface area contributed by atoms with Crippen LogP contribution in [0.25, 0.3) is 4.96 Å². The molecule has 1 aliphatic rings. The Hall–Kier alpha value is -0.630. The number of hydrogen-bond donors (Lipinski definition) is 0. The Labute approximate surface area is 127 Å². The minimum atomic E-state index is -3.61. The van der Waals surface area contributed by atoms with E-state index in [-0.39, 0.29) is 22.1 Å². The van der Waals surface area contributed by atoms with E-state index in [2.05, 4.69) is 4.98 Å². The van der Waals surface area contributed by atoms with E-state index in [1.807, 2.05) is 19.2 Å². The highest BCUT2D eigenvalue weighted by atomic mass is 35.5. The molecule has 0 aliphatic heterocycles. The highest BCUT2D eigenvalue weighted by molar-refractivity contribution is 7.89. The molecule has 5 nitrogen and oxygen atoms in total. The summed E-state index contributed by atoms with van der Waals surface area (Å²) in [5.41, 5.74) is 0. The summed E-state index contributed by atoms with van der Waals surface area (Å²) in [6.45, 7) is 4.55. The van der Waals surface area contributed by atoms with Gasteiger partial charge < -0.3 is 0 Å². The van der Waals surface area contributed by atoms with Crippen molar-refractivity contribution < 1.29 is 8.42 Å². The molecule has 0 saturated heterocycles. The number of halogens is 1. The topological polar surface area (TPSA) is 54.7 Å². The summed E-state index contributed by atoms with van der Waals surface area (Å²) in [5, 5.41) is 1.97. The Bertz CT molecular complexity index is 731. The third kappa shape index (κ3) is 2.36. The van der Waals surface area contributed by atoms with Crippen LogP contribution in [-0.4, -0.2) is 34.7 Å². The fourth-order valence-electron chi connectivity index (χ4n) is 2.25. The molecular weight excluding hydrogens is 318 g/mol. The van der Waals surface area contributed by atoms with Crippen LogP contribution in [-0.2, 0) is 10.0 Å². The predicted molar refractivity (Wildman–Crippen MR) is 79.8 cm³/mol. The fraction of sp³-hybridized carbons (Fsp3) is 0.583. The van der Waals surface area contributed by atoms with E-state index in [4.69, 9.17) is 11.6 Å². The van der Waals surface area contributed by atoms with E-state index >= 15 is 0 Å². The maximum atomic E-state index is 12.9. The number of rotatable bonds is 5. The molecule has 0 bridgehead atoms. The molecule has 0 amide bonds. The van der Waals surface area contributed by atoms with Crippen molar-refractivity contribution in [2.45, 2.75) is 37.8 Å². The van der Waals surface area contributed by atoms with E-state index in [9.17, 15) is 8.42 Å². The van der Waals surface area contributed by atoms with Crippen molar-refractivity contribution in [1.29, 1.82) is 0 Å². The van der Waals surface area contributed by atoms with Gasteiger partial charge in [0, 0.05) is 24.2 Å². The molecule has 0 aromatic carbocycles. The van der Waals surface area contributed by atoms with Crippen molar-refractivity contribution >= 4 is 37.9 Å². The Morgan fingerprint density at radius 1 is 1.55 bits per heavy atom. The number of sulfonamides is 1. The Morgan fingerprint density at radius 3 is 2.85 bits per heavy atom. The standard InChI is InChI=1S/C12H16ClN3O2S2/c1-8(2)7-16(9-3-4-9)20(17,18)11-10(13)14-12-15(11)5-6-19-12/h5-6,8-9H,3-4,7H2,1-2H3. The zero-order valence-corrected chi connectivity index (χ0v) is 13.7. The fourth-order valence-corrected chi connectivity index (χ4v) is 5.51. The minimum absolute atomic E-state index is 0.0613. The van der Waals surface area contributed by atoms with E-state index in [0.29, 0.717) is 11.5 Å². The van der Waals surface area contributed by atoms with Crippen molar-refractivity contribution in [3.05, 3.63) is 16.7 Å². The largest absolute Gasteiger partial charge is 0.279 e. The van der Waals surface area contributed by atoms with Gasteiger partial charge in [-0.2, -0.15) is 4.31 Å². The van der Waals surface area contributed by atoms with E-state index < -0.39 is 10.0 Å². The van der Waals surface area contributed by atoms with Crippen LogP contribution in [0.5, 0.6) is 0 Å². The quantitative estimate of drug-likeness (QED) is 0.845. The van der Waals surface area contributed by atoms with Crippen LogP contribution in [0.15, 0.2) is 16.6 Å². The second-order valence-corrected chi connectivity index (χ2v) is 8.50. The van der Waals surface area contributed by atoms with Crippen LogP contribution in [0.2, 0.25) is 5.15 Å². The molecule has 0 spiro atoms. The monoisotopic (exact) mass is 333 g/mol. The zero-order valence-electron chi connectivity index (χ0n) is 11.3. The molecule has 2 aromatic rings. The third-order valence-electron chi connectivity index (χ3n) is 3.23. The normalized spacial score (nSPS) is 16.6. The molecule has 0 atom stereocenters. The van der Waals surface area contributed by atoms with Crippen LogP contribution in [0.1, 0.15) is 26.7 Å². The van der Waals surface area contributed by atoms with E-state index in [0.717, 1.165) is 12.8 Å². The summed E-state index contributed by atoms with van der Waals surface area (Å²) < 4.78 is 29.0. The molecular formula is C12H16ClN3O2S2. The van der Waals surface area contributed by atoms with Crippen molar-refractivity contribution in [3.8, 4) is 0 Å². The number of hydrogen-bond acceptors (Lipinski definition) is 4. The first-order chi connectivity index (χ1) is 9.41. The van der Waals surface area contributed by atoms with Crippen LogP contribution in [0, 0.1) is 5.92 Å². The molecule has 2 heterocycles. The number of aromatic nitrogens is 2. The molecule has 2 aromatic heterocycles. The molecule has 1 aliphatic carbocycles. The van der Waals surface area contributed by atoms with Crippen molar-refractivity contribution in [1.82, 2.24) is 13.7 Å². The lowest BCUT2D eigenvalue weighted by Gasteiger charge is -2.23. The summed E-state index contributed by atoms with van der Waals surface area (Å²) >= 11 is 7.44. The summed E-state index contributed by atoms with van der Waals surface area (Å²) in [6.07, 6.45) is 3.55. The van der Waals surface area contributed by atoms with Crippen LogP contribution in [0.3, 0.4) is 0 Å². The molecule has 0 N–H and O–H groups in total. The first kappa shape index (κ1) is 14.3. The Balaban J connectivity index is 2.09. The van der Waals surface area contributed by atoms with Gasteiger partial charge in [0.1, 0.15) is 0 Å². The molecule has 0 radical (unpaired) electrons. The second-order valence-electron chi connectivity index (χ2n) is 5.46. The van der Waals surface area contributed by atoms with E-state index in [1.165, 1.54) is 11.3 Å². The van der Waals surface area contributed by atoms with Gasteiger partial charge in [0.15, 0.2) is 15.1 Å². The second kappa shape index (κ2) is 4.98. The number of fused-ring (bicyclic) bond motifs is 1. The molecule has 8 heteroatoms. The maximum absolute atomic E-state index is 12.9. The van der Waals surface area contributed by atoms with Gasteiger partial charge in [0.05, 0.1) is 0 Å².